The van der Waals surface area contributed by atoms with Gasteiger partial charge in [0.15, 0.2) is 23.2 Å². The molecule has 1 unspecified atom stereocenters. The number of halogens is 4. The standard InChI is InChI=1S/C41H48F4O/c1-3-5-6-7-8-9-27-46-37-26-25-36(40(44)41(37)45)33-21-19-32(20-22-33)35-24-23-34(38(42)39(35)43)31-17-15-30(16-18-31)29-13-11-28(10-4-2)12-14-29/h4,10,17,19-26,28-30H,3,5-9,11-16,18,27H2,1-2H3/b10-4+. The smallest absolute Gasteiger partial charge is 0.201 e. The van der Waals surface area contributed by atoms with E-state index < -0.39 is 23.3 Å². The van der Waals surface area contributed by atoms with E-state index in [-0.39, 0.29) is 16.9 Å². The summed E-state index contributed by atoms with van der Waals surface area (Å²) >= 11 is 0. The molecule has 0 saturated heterocycles. The van der Waals surface area contributed by atoms with Crippen molar-refractivity contribution >= 4 is 5.57 Å². The highest BCUT2D eigenvalue weighted by Crippen LogP contribution is 2.42. The zero-order valence-electron chi connectivity index (χ0n) is 27.4. The van der Waals surface area contributed by atoms with E-state index in [2.05, 4.69) is 32.1 Å². The van der Waals surface area contributed by atoms with Crippen molar-refractivity contribution in [3.8, 4) is 28.0 Å². The van der Waals surface area contributed by atoms with E-state index >= 15 is 13.2 Å². The molecular formula is C41H48F4O. The van der Waals surface area contributed by atoms with Gasteiger partial charge in [0.2, 0.25) is 5.82 Å². The summed E-state index contributed by atoms with van der Waals surface area (Å²) in [6, 6.07) is 12.7. The molecule has 5 heteroatoms. The van der Waals surface area contributed by atoms with Crippen molar-refractivity contribution < 1.29 is 22.3 Å². The first-order chi connectivity index (χ1) is 22.4. The van der Waals surface area contributed by atoms with E-state index in [1.165, 1.54) is 57.1 Å². The summed E-state index contributed by atoms with van der Waals surface area (Å²) in [5.74, 6) is -1.78. The summed E-state index contributed by atoms with van der Waals surface area (Å²) in [4.78, 5) is 0. The Balaban J connectivity index is 1.21. The maximum atomic E-state index is 15.4. The van der Waals surface area contributed by atoms with Crippen molar-refractivity contribution in [3.63, 3.8) is 0 Å². The first-order valence-electron chi connectivity index (χ1n) is 17.4. The number of rotatable bonds is 13. The summed E-state index contributed by atoms with van der Waals surface area (Å²) in [7, 11) is 0. The predicted molar refractivity (Wildman–Crippen MR) is 182 cm³/mol. The van der Waals surface area contributed by atoms with Gasteiger partial charge in [0, 0.05) is 16.7 Å². The monoisotopic (exact) mass is 632 g/mol. The van der Waals surface area contributed by atoms with Crippen LogP contribution in [0.4, 0.5) is 17.6 Å². The fourth-order valence-electron chi connectivity index (χ4n) is 7.39. The van der Waals surface area contributed by atoms with Crippen molar-refractivity contribution in [1.29, 1.82) is 0 Å². The molecule has 2 aliphatic carbocycles. The van der Waals surface area contributed by atoms with E-state index in [9.17, 15) is 4.39 Å². The number of unbranched alkanes of at least 4 members (excludes halogenated alkanes) is 5. The lowest BCUT2D eigenvalue weighted by molar-refractivity contribution is 0.212. The van der Waals surface area contributed by atoms with Gasteiger partial charge in [-0.3, -0.25) is 0 Å². The number of hydrogen-bond donors (Lipinski definition) is 0. The average molecular weight is 633 g/mol. The van der Waals surface area contributed by atoms with E-state index in [1.54, 1.807) is 36.4 Å². The Morgan fingerprint density at radius 3 is 1.87 bits per heavy atom. The molecular weight excluding hydrogens is 584 g/mol. The van der Waals surface area contributed by atoms with Crippen LogP contribution < -0.4 is 4.74 Å². The van der Waals surface area contributed by atoms with Crippen LogP contribution >= 0.6 is 0 Å². The lowest BCUT2D eigenvalue weighted by Gasteiger charge is -2.35. The van der Waals surface area contributed by atoms with Crippen molar-refractivity contribution in [2.75, 3.05) is 6.61 Å². The lowest BCUT2D eigenvalue weighted by Crippen LogP contribution is -2.22. The van der Waals surface area contributed by atoms with Gasteiger partial charge in [-0.15, -0.1) is 0 Å². The second-order valence-corrected chi connectivity index (χ2v) is 13.2. The van der Waals surface area contributed by atoms with Gasteiger partial charge in [-0.2, -0.15) is 4.39 Å². The average Bonchev–Trinajstić information content (AvgIpc) is 3.08. The molecule has 0 radical (unpaired) electrons. The van der Waals surface area contributed by atoms with Crippen LogP contribution in [0, 0.1) is 41.0 Å². The zero-order chi connectivity index (χ0) is 32.5. The molecule has 1 atom stereocenters. The van der Waals surface area contributed by atoms with Gasteiger partial charge < -0.3 is 4.74 Å². The molecule has 246 valence electrons. The highest BCUT2D eigenvalue weighted by molar-refractivity contribution is 5.74. The number of benzene rings is 3. The Morgan fingerprint density at radius 2 is 1.24 bits per heavy atom. The molecule has 1 saturated carbocycles. The van der Waals surface area contributed by atoms with Crippen molar-refractivity contribution in [2.24, 2.45) is 17.8 Å². The largest absolute Gasteiger partial charge is 0.490 e. The third-order valence-corrected chi connectivity index (χ3v) is 10.1. The summed E-state index contributed by atoms with van der Waals surface area (Å²) in [5.41, 5.74) is 2.37. The Kier molecular flexibility index (Phi) is 12.2. The molecule has 46 heavy (non-hydrogen) atoms. The predicted octanol–water partition coefficient (Wildman–Crippen LogP) is 12.9. The summed E-state index contributed by atoms with van der Waals surface area (Å²) in [5, 5.41) is 0. The maximum Gasteiger partial charge on any atom is 0.201 e. The molecule has 0 spiro atoms. The van der Waals surface area contributed by atoms with Gasteiger partial charge in [0.1, 0.15) is 0 Å². The van der Waals surface area contributed by atoms with Crippen LogP contribution in [0.3, 0.4) is 0 Å². The van der Waals surface area contributed by atoms with Crippen molar-refractivity contribution in [3.05, 3.63) is 95.6 Å². The third kappa shape index (κ3) is 8.14. The molecule has 0 bridgehead atoms. The van der Waals surface area contributed by atoms with E-state index in [0.717, 1.165) is 50.0 Å². The Morgan fingerprint density at radius 1 is 0.652 bits per heavy atom. The van der Waals surface area contributed by atoms with Crippen molar-refractivity contribution in [1.82, 2.24) is 0 Å². The first-order valence-corrected chi connectivity index (χ1v) is 17.4. The summed E-state index contributed by atoms with van der Waals surface area (Å²) in [6.07, 6.45) is 20.8. The maximum absolute atomic E-state index is 15.4. The fourth-order valence-corrected chi connectivity index (χ4v) is 7.39. The molecule has 1 fully saturated rings. The minimum atomic E-state index is -1.02. The molecule has 0 aromatic heterocycles. The topological polar surface area (TPSA) is 9.23 Å². The molecule has 3 aromatic carbocycles. The minimum Gasteiger partial charge on any atom is -0.490 e. The quantitative estimate of drug-likeness (QED) is 0.103. The van der Waals surface area contributed by atoms with Gasteiger partial charge in [-0.25, -0.2) is 13.2 Å². The highest BCUT2D eigenvalue weighted by Gasteiger charge is 2.29. The first kappa shape index (κ1) is 34.0. The van der Waals surface area contributed by atoms with Gasteiger partial charge in [0.25, 0.3) is 0 Å². The van der Waals surface area contributed by atoms with Crippen LogP contribution in [0.25, 0.3) is 27.8 Å². The molecule has 0 aliphatic heterocycles. The van der Waals surface area contributed by atoms with Gasteiger partial charge >= 0.3 is 0 Å². The summed E-state index contributed by atoms with van der Waals surface area (Å²) in [6.45, 7) is 4.59. The van der Waals surface area contributed by atoms with Crippen LogP contribution in [-0.4, -0.2) is 6.61 Å². The highest BCUT2D eigenvalue weighted by atomic mass is 19.2. The Bertz CT molecular complexity index is 1500. The van der Waals surface area contributed by atoms with Crippen LogP contribution in [-0.2, 0) is 0 Å². The van der Waals surface area contributed by atoms with Gasteiger partial charge in [-0.05, 0) is 105 Å². The van der Waals surface area contributed by atoms with Gasteiger partial charge in [0.05, 0.1) is 6.61 Å². The van der Waals surface area contributed by atoms with E-state index in [0.29, 0.717) is 35.1 Å². The second kappa shape index (κ2) is 16.5. The van der Waals surface area contributed by atoms with E-state index in [4.69, 9.17) is 4.74 Å². The zero-order valence-corrected chi connectivity index (χ0v) is 27.4. The van der Waals surface area contributed by atoms with Crippen molar-refractivity contribution in [2.45, 2.75) is 97.3 Å². The summed E-state index contributed by atoms with van der Waals surface area (Å²) < 4.78 is 66.2. The molecule has 0 amide bonds. The third-order valence-electron chi connectivity index (χ3n) is 10.1. The van der Waals surface area contributed by atoms with Gasteiger partial charge in [-0.1, -0.05) is 93.7 Å². The SMILES string of the molecule is C/C=C/C1CCC(C2CC=C(c3ccc(-c4ccc(-c5ccc(OCCCCCCCC)c(F)c5F)cc4)c(F)c3F)CC2)CC1. The number of ether oxygens (including phenoxy) is 1. The van der Waals surface area contributed by atoms with Crippen LogP contribution in [0.2, 0.25) is 0 Å². The van der Waals surface area contributed by atoms with Crippen LogP contribution in [0.1, 0.15) is 103 Å². The molecule has 0 heterocycles. The van der Waals surface area contributed by atoms with Crippen LogP contribution in [0.5, 0.6) is 5.75 Å². The Labute approximate surface area is 272 Å². The minimum absolute atomic E-state index is 0.0892. The molecule has 0 N–H and O–H groups in total. The number of hydrogen-bond acceptors (Lipinski definition) is 1. The molecule has 3 aromatic rings. The van der Waals surface area contributed by atoms with Crippen LogP contribution in [0.15, 0.2) is 66.8 Å². The molecule has 2 aliphatic rings. The Hall–Kier alpha value is -3.34. The molecule has 5 rings (SSSR count). The lowest BCUT2D eigenvalue weighted by atomic mass is 9.71. The fraction of sp³-hybridized carbons (Fsp3) is 0.463. The van der Waals surface area contributed by atoms with E-state index in [1.807, 2.05) is 0 Å². The second-order valence-electron chi connectivity index (χ2n) is 13.2. The normalized spacial score (nSPS) is 20.2. The molecule has 1 nitrogen and oxygen atoms in total. The number of allylic oxidation sites excluding steroid dienone is 4.